The van der Waals surface area contributed by atoms with Crippen LogP contribution in [0.25, 0.3) is 0 Å². The molecule has 3 aromatic rings. The molecule has 0 bridgehead atoms. The highest BCUT2D eigenvalue weighted by Crippen LogP contribution is 2.24. The van der Waals surface area contributed by atoms with Crippen molar-refractivity contribution in [2.45, 2.75) is 33.0 Å². The SMILES string of the molecule is Cc1nc(COCC2CN(C(=O)c3ccoc3C)Cc3cncn32)cs1. The van der Waals surface area contributed by atoms with Crippen molar-refractivity contribution in [1.82, 2.24) is 19.4 Å². The molecule has 0 saturated heterocycles. The number of amides is 1. The monoisotopic (exact) mass is 372 g/mol. The lowest BCUT2D eigenvalue weighted by atomic mass is 10.1. The summed E-state index contributed by atoms with van der Waals surface area (Å²) in [6.07, 6.45) is 5.16. The van der Waals surface area contributed by atoms with E-state index in [1.807, 2.05) is 17.2 Å². The van der Waals surface area contributed by atoms with E-state index in [-0.39, 0.29) is 11.9 Å². The second-order valence-corrected chi connectivity index (χ2v) is 7.46. The van der Waals surface area contributed by atoms with Crippen molar-refractivity contribution in [3.05, 3.63) is 58.0 Å². The lowest BCUT2D eigenvalue weighted by molar-refractivity contribution is 0.0473. The van der Waals surface area contributed by atoms with E-state index in [0.29, 0.717) is 37.6 Å². The molecule has 7 nitrogen and oxygen atoms in total. The Labute approximate surface area is 155 Å². The van der Waals surface area contributed by atoms with Gasteiger partial charge >= 0.3 is 0 Å². The van der Waals surface area contributed by atoms with Crippen LogP contribution in [-0.2, 0) is 17.9 Å². The average Bonchev–Trinajstić information content (AvgIpc) is 3.35. The Hall–Kier alpha value is -2.45. The van der Waals surface area contributed by atoms with Gasteiger partial charge in [-0.1, -0.05) is 0 Å². The van der Waals surface area contributed by atoms with E-state index >= 15 is 0 Å². The lowest BCUT2D eigenvalue weighted by Gasteiger charge is -2.34. The minimum Gasteiger partial charge on any atom is -0.469 e. The fourth-order valence-corrected chi connectivity index (χ4v) is 3.82. The van der Waals surface area contributed by atoms with E-state index in [0.717, 1.165) is 16.4 Å². The van der Waals surface area contributed by atoms with Gasteiger partial charge in [-0.15, -0.1) is 11.3 Å². The molecule has 4 rings (SSSR count). The molecule has 136 valence electrons. The second-order valence-electron chi connectivity index (χ2n) is 6.40. The molecule has 8 heteroatoms. The summed E-state index contributed by atoms with van der Waals surface area (Å²) in [5.41, 5.74) is 2.55. The molecule has 0 saturated carbocycles. The Morgan fingerprint density at radius 1 is 1.46 bits per heavy atom. The molecule has 1 atom stereocenters. The number of nitrogens with zero attached hydrogens (tertiary/aromatic N) is 4. The highest BCUT2D eigenvalue weighted by Gasteiger charge is 2.29. The van der Waals surface area contributed by atoms with Crippen LogP contribution < -0.4 is 0 Å². The summed E-state index contributed by atoms with van der Waals surface area (Å²) < 4.78 is 13.3. The van der Waals surface area contributed by atoms with Gasteiger partial charge in [0.1, 0.15) is 5.76 Å². The first kappa shape index (κ1) is 17.0. The Morgan fingerprint density at radius 2 is 2.35 bits per heavy atom. The molecular formula is C18H20N4O3S. The summed E-state index contributed by atoms with van der Waals surface area (Å²) in [5.74, 6) is 0.615. The van der Waals surface area contributed by atoms with Crippen LogP contribution in [0.15, 0.2) is 34.7 Å². The first-order valence-electron chi connectivity index (χ1n) is 8.44. The molecule has 0 radical (unpaired) electrons. The van der Waals surface area contributed by atoms with Crippen LogP contribution in [0.1, 0.15) is 38.6 Å². The molecule has 0 spiro atoms. The van der Waals surface area contributed by atoms with Crippen LogP contribution in [0.5, 0.6) is 0 Å². The largest absolute Gasteiger partial charge is 0.469 e. The number of aryl methyl sites for hydroxylation is 2. The van der Waals surface area contributed by atoms with Gasteiger partial charge in [0.2, 0.25) is 0 Å². The van der Waals surface area contributed by atoms with E-state index in [4.69, 9.17) is 9.15 Å². The number of hydrogen-bond acceptors (Lipinski definition) is 6. The predicted molar refractivity (Wildman–Crippen MR) is 96.0 cm³/mol. The summed E-state index contributed by atoms with van der Waals surface area (Å²) in [6.45, 7) is 5.86. The van der Waals surface area contributed by atoms with Crippen molar-refractivity contribution in [2.24, 2.45) is 0 Å². The summed E-state index contributed by atoms with van der Waals surface area (Å²) >= 11 is 1.62. The van der Waals surface area contributed by atoms with E-state index < -0.39 is 0 Å². The zero-order chi connectivity index (χ0) is 18.1. The Kier molecular flexibility index (Phi) is 4.60. The second kappa shape index (κ2) is 7.05. The van der Waals surface area contributed by atoms with E-state index in [1.165, 1.54) is 0 Å². The van der Waals surface area contributed by atoms with Crippen LogP contribution in [0.3, 0.4) is 0 Å². The third-order valence-electron chi connectivity index (χ3n) is 4.53. The maximum atomic E-state index is 12.8. The van der Waals surface area contributed by atoms with Crippen LogP contribution in [0.4, 0.5) is 0 Å². The fourth-order valence-electron chi connectivity index (χ4n) is 3.22. The topological polar surface area (TPSA) is 73.4 Å². The Morgan fingerprint density at radius 3 is 3.08 bits per heavy atom. The van der Waals surface area contributed by atoms with Gasteiger partial charge in [-0.3, -0.25) is 4.79 Å². The third-order valence-corrected chi connectivity index (χ3v) is 5.35. The van der Waals surface area contributed by atoms with Crippen molar-refractivity contribution in [3.63, 3.8) is 0 Å². The maximum Gasteiger partial charge on any atom is 0.257 e. The molecular weight excluding hydrogens is 352 g/mol. The zero-order valence-electron chi connectivity index (χ0n) is 14.7. The van der Waals surface area contributed by atoms with Crippen LogP contribution >= 0.6 is 11.3 Å². The molecule has 1 amide bonds. The first-order valence-corrected chi connectivity index (χ1v) is 9.32. The van der Waals surface area contributed by atoms with Crippen molar-refractivity contribution < 1.29 is 13.9 Å². The van der Waals surface area contributed by atoms with Gasteiger partial charge in [0.15, 0.2) is 0 Å². The van der Waals surface area contributed by atoms with Crippen LogP contribution in [-0.4, -0.2) is 38.5 Å². The third kappa shape index (κ3) is 3.30. The Balaban J connectivity index is 1.46. The molecule has 1 aliphatic rings. The number of thiazole rings is 1. The predicted octanol–water partition coefficient (Wildman–Crippen LogP) is 2.96. The van der Waals surface area contributed by atoms with E-state index in [2.05, 4.69) is 14.5 Å². The number of ether oxygens (including phenoxy) is 1. The van der Waals surface area contributed by atoms with E-state index in [9.17, 15) is 4.79 Å². The van der Waals surface area contributed by atoms with Crippen LogP contribution in [0, 0.1) is 13.8 Å². The molecule has 3 aromatic heterocycles. The average molecular weight is 372 g/mol. The number of furan rings is 1. The summed E-state index contributed by atoms with van der Waals surface area (Å²) in [7, 11) is 0. The van der Waals surface area contributed by atoms with Crippen LogP contribution in [0.2, 0.25) is 0 Å². The number of rotatable bonds is 5. The summed E-state index contributed by atoms with van der Waals surface area (Å²) in [5, 5.41) is 3.04. The van der Waals surface area contributed by atoms with Gasteiger partial charge in [0, 0.05) is 18.1 Å². The van der Waals surface area contributed by atoms with Crippen molar-refractivity contribution in [1.29, 1.82) is 0 Å². The fraction of sp³-hybridized carbons (Fsp3) is 0.389. The number of hydrogen-bond donors (Lipinski definition) is 0. The highest BCUT2D eigenvalue weighted by molar-refractivity contribution is 7.09. The first-order chi connectivity index (χ1) is 12.6. The number of aromatic nitrogens is 3. The standard InChI is InChI=1S/C18H20N4O3S/c1-12-17(3-4-25-12)18(23)21-6-15-5-19-11-22(15)16(7-21)9-24-8-14-10-26-13(2)20-14/h3-5,10-11,16H,6-9H2,1-2H3. The molecule has 0 aliphatic carbocycles. The highest BCUT2D eigenvalue weighted by atomic mass is 32.1. The molecule has 0 N–H and O–H groups in total. The van der Waals surface area contributed by atoms with Gasteiger partial charge < -0.3 is 18.6 Å². The van der Waals surface area contributed by atoms with Gasteiger partial charge in [0.25, 0.3) is 5.91 Å². The molecule has 26 heavy (non-hydrogen) atoms. The quantitative estimate of drug-likeness (QED) is 0.688. The zero-order valence-corrected chi connectivity index (χ0v) is 15.5. The minimum absolute atomic E-state index is 0.0242. The smallest absolute Gasteiger partial charge is 0.257 e. The Bertz CT molecular complexity index is 913. The van der Waals surface area contributed by atoms with E-state index in [1.54, 1.807) is 43.1 Å². The molecule has 0 aromatic carbocycles. The van der Waals surface area contributed by atoms with Gasteiger partial charge in [-0.25, -0.2) is 9.97 Å². The number of carbonyl (C=O) groups is 1. The molecule has 1 aliphatic heterocycles. The summed E-state index contributed by atoms with van der Waals surface area (Å²) in [4.78, 5) is 23.3. The minimum atomic E-state index is -0.0242. The molecule has 1 unspecified atom stereocenters. The van der Waals surface area contributed by atoms with Crippen molar-refractivity contribution >= 4 is 17.2 Å². The number of fused-ring (bicyclic) bond motifs is 1. The van der Waals surface area contributed by atoms with Crippen molar-refractivity contribution in [2.75, 3.05) is 13.2 Å². The number of carbonyl (C=O) groups excluding carboxylic acids is 1. The number of imidazole rings is 1. The van der Waals surface area contributed by atoms with Gasteiger partial charge in [-0.2, -0.15) is 0 Å². The normalized spacial score (nSPS) is 16.7. The lowest BCUT2D eigenvalue weighted by Crippen LogP contribution is -2.42. The molecule has 0 fully saturated rings. The molecule has 4 heterocycles. The van der Waals surface area contributed by atoms with Crippen molar-refractivity contribution in [3.8, 4) is 0 Å². The summed E-state index contributed by atoms with van der Waals surface area (Å²) in [6, 6.07) is 1.75. The maximum absolute atomic E-state index is 12.8. The van der Waals surface area contributed by atoms with Gasteiger partial charge in [-0.05, 0) is 19.9 Å². The van der Waals surface area contributed by atoms with Gasteiger partial charge in [0.05, 0.1) is 60.3 Å².